The molecule has 0 fully saturated rings. The van der Waals surface area contributed by atoms with Crippen LogP contribution in [0.3, 0.4) is 0 Å². The van der Waals surface area contributed by atoms with E-state index >= 15 is 0 Å². The highest BCUT2D eigenvalue weighted by Crippen LogP contribution is 2.40. The Hall–Kier alpha value is -0.990. The molecule has 0 saturated heterocycles. The van der Waals surface area contributed by atoms with E-state index in [1.165, 1.54) is 13.2 Å². The fraction of sp³-hybridized carbons (Fsp3) is 0.182. The lowest BCUT2D eigenvalue weighted by molar-refractivity contribution is -0.0498. The van der Waals surface area contributed by atoms with Crippen molar-refractivity contribution < 1.29 is 22.6 Å². The summed E-state index contributed by atoms with van der Waals surface area (Å²) in [7, 11) is 1.38. The predicted molar refractivity (Wildman–Crippen MR) is 73.4 cm³/mol. The molecule has 0 aliphatic carbocycles. The Balaban J connectivity index is 2.48. The van der Waals surface area contributed by atoms with Crippen molar-refractivity contribution in [3.8, 4) is 22.2 Å². The van der Waals surface area contributed by atoms with Crippen molar-refractivity contribution in [3.63, 3.8) is 0 Å². The van der Waals surface area contributed by atoms with E-state index in [0.29, 0.717) is 3.79 Å². The van der Waals surface area contributed by atoms with Gasteiger partial charge in [0.25, 0.3) is 5.19 Å². The molecule has 9 heteroatoms. The van der Waals surface area contributed by atoms with Gasteiger partial charge in [0.15, 0.2) is 0 Å². The highest BCUT2D eigenvalue weighted by atomic mass is 79.9. The Morgan fingerprint density at radius 2 is 2.10 bits per heavy atom. The van der Waals surface area contributed by atoms with E-state index in [0.717, 1.165) is 17.4 Å². The molecule has 2 aromatic rings. The quantitative estimate of drug-likeness (QED) is 0.740. The summed E-state index contributed by atoms with van der Waals surface area (Å²) in [4.78, 5) is 3.82. The molecule has 0 spiro atoms. The van der Waals surface area contributed by atoms with Crippen LogP contribution < -0.4 is 9.47 Å². The highest BCUT2D eigenvalue weighted by molar-refractivity contribution is 9.11. The molecule has 1 heterocycles. The molecule has 0 saturated carbocycles. The number of hydrogen-bond donors (Lipinski definition) is 0. The van der Waals surface area contributed by atoms with Crippen LogP contribution >= 0.6 is 38.9 Å². The van der Waals surface area contributed by atoms with Gasteiger partial charge in [-0.05, 0) is 28.1 Å². The zero-order valence-corrected chi connectivity index (χ0v) is 13.0. The summed E-state index contributed by atoms with van der Waals surface area (Å²) in [6.07, 6.45) is 0. The number of methoxy groups -OCH3 is 1. The maximum Gasteiger partial charge on any atom is 0.389 e. The molecule has 2 rings (SSSR count). The second kappa shape index (κ2) is 6.19. The Bertz CT molecular complexity index is 638. The molecule has 0 amide bonds. The van der Waals surface area contributed by atoms with Crippen LogP contribution in [0.15, 0.2) is 15.9 Å². The van der Waals surface area contributed by atoms with Crippen LogP contribution in [0.25, 0.3) is 11.3 Å². The van der Waals surface area contributed by atoms with E-state index in [2.05, 4.69) is 25.7 Å². The third kappa shape index (κ3) is 3.18. The van der Waals surface area contributed by atoms with Gasteiger partial charge in [-0.1, -0.05) is 22.9 Å². The first kappa shape index (κ1) is 15.4. The fourth-order valence-electron chi connectivity index (χ4n) is 1.44. The molecule has 3 nitrogen and oxygen atoms in total. The van der Waals surface area contributed by atoms with Crippen molar-refractivity contribution in [2.24, 2.45) is 0 Å². The molecule has 0 radical (unpaired) electrons. The number of halogens is 5. The number of hydrogen-bond acceptors (Lipinski definition) is 4. The first-order chi connectivity index (χ1) is 9.42. The minimum atomic E-state index is -2.99. The van der Waals surface area contributed by atoms with Crippen molar-refractivity contribution in [2.45, 2.75) is 6.61 Å². The van der Waals surface area contributed by atoms with Gasteiger partial charge < -0.3 is 9.47 Å². The Labute approximate surface area is 129 Å². The molecular weight excluding hydrogens is 383 g/mol. The third-order valence-corrected chi connectivity index (χ3v) is 4.14. The first-order valence-corrected chi connectivity index (χ1v) is 7.05. The summed E-state index contributed by atoms with van der Waals surface area (Å²) in [6.45, 7) is -2.99. The average Bonchev–Trinajstić information content (AvgIpc) is 2.69. The standard InChI is InChI=1S/C11H6BrClF3NO2S/c1-18-7-2-4(6(14)3-5(7)13)8-9(12)20-11(17-8)19-10(15)16/h2-3,10H,1H3. The lowest BCUT2D eigenvalue weighted by Gasteiger charge is -2.06. The van der Waals surface area contributed by atoms with E-state index in [1.807, 2.05) is 0 Å². The SMILES string of the molecule is COc1cc(-c2nc(OC(F)F)sc2Br)c(F)cc1Cl. The van der Waals surface area contributed by atoms with Gasteiger partial charge in [0.2, 0.25) is 0 Å². The highest BCUT2D eigenvalue weighted by Gasteiger charge is 2.19. The van der Waals surface area contributed by atoms with Gasteiger partial charge in [0.1, 0.15) is 21.0 Å². The fourth-order valence-corrected chi connectivity index (χ4v) is 3.05. The molecule has 1 aromatic heterocycles. The van der Waals surface area contributed by atoms with Crippen LogP contribution in [0.4, 0.5) is 13.2 Å². The number of thiazole rings is 1. The van der Waals surface area contributed by atoms with Crippen LogP contribution in [0, 0.1) is 5.82 Å². The third-order valence-electron chi connectivity index (χ3n) is 2.25. The number of aromatic nitrogens is 1. The van der Waals surface area contributed by atoms with Crippen LogP contribution in [0.2, 0.25) is 5.02 Å². The van der Waals surface area contributed by atoms with Crippen LogP contribution in [-0.4, -0.2) is 18.7 Å². The minimum Gasteiger partial charge on any atom is -0.495 e. The number of nitrogens with zero attached hydrogens (tertiary/aromatic N) is 1. The molecule has 0 aliphatic rings. The molecule has 0 unspecified atom stereocenters. The number of ether oxygens (including phenoxy) is 2. The Morgan fingerprint density at radius 1 is 1.40 bits per heavy atom. The van der Waals surface area contributed by atoms with E-state index in [1.54, 1.807) is 0 Å². The molecule has 108 valence electrons. The van der Waals surface area contributed by atoms with Crippen molar-refractivity contribution in [2.75, 3.05) is 7.11 Å². The summed E-state index contributed by atoms with van der Waals surface area (Å²) in [5.74, 6) is -0.398. The number of benzene rings is 1. The minimum absolute atomic E-state index is 0.0680. The second-order valence-electron chi connectivity index (χ2n) is 3.45. The molecule has 0 bridgehead atoms. The molecular formula is C11H6BrClF3NO2S. The topological polar surface area (TPSA) is 31.4 Å². The van der Waals surface area contributed by atoms with Gasteiger partial charge in [-0.2, -0.15) is 8.78 Å². The lowest BCUT2D eigenvalue weighted by atomic mass is 10.1. The number of alkyl halides is 2. The monoisotopic (exact) mass is 387 g/mol. The van der Waals surface area contributed by atoms with Crippen molar-refractivity contribution in [1.82, 2.24) is 4.98 Å². The van der Waals surface area contributed by atoms with Crippen molar-refractivity contribution in [3.05, 3.63) is 26.8 Å². The maximum absolute atomic E-state index is 13.9. The van der Waals surface area contributed by atoms with Crippen LogP contribution in [0.5, 0.6) is 10.9 Å². The molecule has 20 heavy (non-hydrogen) atoms. The Kier molecular flexibility index (Phi) is 4.77. The largest absolute Gasteiger partial charge is 0.495 e. The molecule has 0 atom stereocenters. The predicted octanol–water partition coefficient (Wildman–Crippen LogP) is 4.98. The van der Waals surface area contributed by atoms with E-state index in [-0.39, 0.29) is 27.2 Å². The second-order valence-corrected chi connectivity index (χ2v) is 6.13. The normalized spacial score (nSPS) is 10.9. The first-order valence-electron chi connectivity index (χ1n) is 5.07. The average molecular weight is 389 g/mol. The van der Waals surface area contributed by atoms with E-state index in [9.17, 15) is 13.2 Å². The van der Waals surface area contributed by atoms with Gasteiger partial charge >= 0.3 is 6.61 Å². The van der Waals surface area contributed by atoms with Gasteiger partial charge in [-0.15, -0.1) is 0 Å². The molecule has 1 aromatic carbocycles. The van der Waals surface area contributed by atoms with Gasteiger partial charge in [-0.3, -0.25) is 0 Å². The van der Waals surface area contributed by atoms with Crippen LogP contribution in [-0.2, 0) is 0 Å². The smallest absolute Gasteiger partial charge is 0.389 e. The summed E-state index contributed by atoms with van der Waals surface area (Å²) in [6, 6.07) is 2.40. The van der Waals surface area contributed by atoms with Gasteiger partial charge in [-0.25, -0.2) is 9.37 Å². The number of rotatable bonds is 4. The summed E-state index contributed by atoms with van der Waals surface area (Å²) < 4.78 is 47.7. The van der Waals surface area contributed by atoms with Crippen molar-refractivity contribution >= 4 is 38.9 Å². The van der Waals surface area contributed by atoms with Gasteiger partial charge in [0, 0.05) is 5.56 Å². The molecule has 0 aliphatic heterocycles. The van der Waals surface area contributed by atoms with E-state index in [4.69, 9.17) is 16.3 Å². The maximum atomic E-state index is 13.9. The van der Waals surface area contributed by atoms with E-state index < -0.39 is 12.4 Å². The molecule has 0 N–H and O–H groups in total. The summed E-state index contributed by atoms with van der Waals surface area (Å²) >= 11 is 9.74. The van der Waals surface area contributed by atoms with Crippen LogP contribution in [0.1, 0.15) is 0 Å². The zero-order valence-electron chi connectivity index (χ0n) is 9.79. The summed E-state index contributed by atoms with van der Waals surface area (Å²) in [5.41, 5.74) is 0.205. The Morgan fingerprint density at radius 3 is 2.70 bits per heavy atom. The van der Waals surface area contributed by atoms with Crippen molar-refractivity contribution in [1.29, 1.82) is 0 Å². The zero-order chi connectivity index (χ0) is 14.9. The summed E-state index contributed by atoms with van der Waals surface area (Å²) in [5, 5.41) is -0.167. The lowest BCUT2D eigenvalue weighted by Crippen LogP contribution is -2.01. The van der Waals surface area contributed by atoms with Gasteiger partial charge in [0.05, 0.1) is 12.1 Å².